The smallest absolute Gasteiger partial charge is 0.145 e. The van der Waals surface area contributed by atoms with Crippen molar-refractivity contribution in [2.45, 2.75) is 17.7 Å². The summed E-state index contributed by atoms with van der Waals surface area (Å²) >= 11 is 0. The first-order chi connectivity index (χ1) is 8.33. The van der Waals surface area contributed by atoms with Crippen LogP contribution in [-0.2, 0) is 43.6 Å². The predicted octanol–water partition coefficient (Wildman–Crippen LogP) is 4.20. The molecule has 1 radical (unpaired) electrons. The fourth-order valence-electron chi connectivity index (χ4n) is 1.77. The molecule has 18 heavy (non-hydrogen) atoms. The average Bonchev–Trinajstić information content (AvgIpc) is 2.41. The fourth-order valence-corrected chi connectivity index (χ4v) is 3.67. The first-order valence-corrected chi connectivity index (χ1v) is 6.89. The quantitative estimate of drug-likeness (QED) is 0.441. The number of rotatable bonds is 4. The van der Waals surface area contributed by atoms with E-state index in [0.29, 0.717) is 0 Å². The van der Waals surface area contributed by atoms with Gasteiger partial charge in [0.05, 0.1) is 0 Å². The number of benzene rings is 1. The standard InChI is InChI=1S/C16H15S.Y/c1-3-14(2)17(15-10-6-4-7-11-15)16-12-8-5-9-13-16;/h1-4,6-8,10-13H,5,9H2;/q-1;. The Labute approximate surface area is 138 Å². The van der Waals surface area contributed by atoms with E-state index in [1.807, 2.05) is 18.2 Å². The SMILES string of the molecule is [CH-]=CC(=[CH-])[S+](C1=CCCC=C1)c1ccccc1.[Y]. The number of hydrogen-bond donors (Lipinski definition) is 0. The van der Waals surface area contributed by atoms with Crippen molar-refractivity contribution < 1.29 is 32.7 Å². The Kier molecular flexibility index (Phi) is 6.92. The van der Waals surface area contributed by atoms with Crippen molar-refractivity contribution in [3.05, 3.63) is 77.6 Å². The molecule has 1 aromatic carbocycles. The summed E-state index contributed by atoms with van der Waals surface area (Å²) in [6.07, 6.45) is 10.3. The van der Waals surface area contributed by atoms with Crippen molar-refractivity contribution in [2.24, 2.45) is 0 Å². The zero-order valence-corrected chi connectivity index (χ0v) is 13.9. The summed E-state index contributed by atoms with van der Waals surface area (Å²) in [6.45, 7) is 11.6. The van der Waals surface area contributed by atoms with Gasteiger partial charge in [-0.1, -0.05) is 24.3 Å². The zero-order chi connectivity index (χ0) is 12.1. The molecule has 1 unspecified atom stereocenters. The third-order valence-corrected chi connectivity index (χ3v) is 4.70. The van der Waals surface area contributed by atoms with Gasteiger partial charge in [-0.25, -0.2) is 0 Å². The summed E-state index contributed by atoms with van der Waals surface area (Å²) in [7, 11) is -0.231. The largest absolute Gasteiger partial charge is 0.390 e. The Morgan fingerprint density at radius 3 is 2.44 bits per heavy atom. The first kappa shape index (κ1) is 15.7. The van der Waals surface area contributed by atoms with E-state index in [4.69, 9.17) is 13.2 Å². The summed E-state index contributed by atoms with van der Waals surface area (Å²) in [5, 5.41) is 0. The second-order valence-corrected chi connectivity index (χ2v) is 5.80. The molecule has 0 N–H and O–H groups in total. The Hall–Kier alpha value is -0.366. The molecule has 0 saturated heterocycles. The molecule has 0 amide bonds. The molecule has 0 aromatic heterocycles. The molecule has 2 heteroatoms. The Morgan fingerprint density at radius 2 is 1.89 bits per heavy atom. The van der Waals surface area contributed by atoms with Crippen LogP contribution in [0.15, 0.2) is 69.3 Å². The minimum atomic E-state index is -0.231. The van der Waals surface area contributed by atoms with Gasteiger partial charge in [-0.15, -0.1) is 0 Å². The van der Waals surface area contributed by atoms with Crippen LogP contribution in [0.1, 0.15) is 12.8 Å². The van der Waals surface area contributed by atoms with Crippen LogP contribution in [0.4, 0.5) is 0 Å². The molecule has 2 rings (SSSR count). The molecule has 1 aliphatic carbocycles. The summed E-state index contributed by atoms with van der Waals surface area (Å²) < 4.78 is 0. The van der Waals surface area contributed by atoms with Gasteiger partial charge in [0.15, 0.2) is 0 Å². The minimum absolute atomic E-state index is 0. The van der Waals surface area contributed by atoms with Crippen LogP contribution in [0.2, 0.25) is 0 Å². The Bertz CT molecular complexity index is 471. The van der Waals surface area contributed by atoms with Crippen molar-refractivity contribution in [1.29, 1.82) is 0 Å². The molecule has 0 spiro atoms. The normalized spacial score (nSPS) is 15.2. The van der Waals surface area contributed by atoms with Gasteiger partial charge in [0.2, 0.25) is 0 Å². The summed E-state index contributed by atoms with van der Waals surface area (Å²) in [5.41, 5.74) is 0. The van der Waals surface area contributed by atoms with Crippen LogP contribution in [0.3, 0.4) is 0 Å². The molecular weight excluding hydrogens is 313 g/mol. The van der Waals surface area contributed by atoms with Crippen LogP contribution in [0.5, 0.6) is 0 Å². The molecule has 0 heterocycles. The van der Waals surface area contributed by atoms with Gasteiger partial charge in [-0.3, -0.25) is 0 Å². The van der Waals surface area contributed by atoms with E-state index in [9.17, 15) is 0 Å². The fraction of sp³-hybridized carbons (Fsp3) is 0.125. The molecule has 0 fully saturated rings. The summed E-state index contributed by atoms with van der Waals surface area (Å²) in [4.78, 5) is 3.21. The Balaban J connectivity index is 0.00000162. The predicted molar refractivity (Wildman–Crippen MR) is 75.2 cm³/mol. The molecule has 1 atom stereocenters. The van der Waals surface area contributed by atoms with E-state index < -0.39 is 0 Å². The van der Waals surface area contributed by atoms with Crippen LogP contribution in [0, 0.1) is 13.2 Å². The van der Waals surface area contributed by atoms with Crippen LogP contribution >= 0.6 is 0 Å². The molecule has 0 bridgehead atoms. The molecule has 1 aromatic rings. The van der Waals surface area contributed by atoms with Crippen molar-refractivity contribution >= 4 is 10.9 Å². The monoisotopic (exact) mass is 328 g/mol. The van der Waals surface area contributed by atoms with Crippen molar-refractivity contribution in [2.75, 3.05) is 0 Å². The topological polar surface area (TPSA) is 0 Å². The van der Waals surface area contributed by atoms with Crippen LogP contribution < -0.4 is 0 Å². The molecule has 0 saturated carbocycles. The van der Waals surface area contributed by atoms with E-state index in [2.05, 4.69) is 30.4 Å². The molecule has 1 aliphatic rings. The van der Waals surface area contributed by atoms with Gasteiger partial charge in [0.25, 0.3) is 0 Å². The van der Waals surface area contributed by atoms with Gasteiger partial charge in [-0.05, 0) is 48.0 Å². The van der Waals surface area contributed by atoms with Crippen molar-refractivity contribution in [3.63, 3.8) is 0 Å². The van der Waals surface area contributed by atoms with E-state index >= 15 is 0 Å². The summed E-state index contributed by atoms with van der Waals surface area (Å²) in [5.74, 6) is 0. The first-order valence-electron chi connectivity index (χ1n) is 5.66. The van der Waals surface area contributed by atoms with Gasteiger partial charge in [0, 0.05) is 32.7 Å². The van der Waals surface area contributed by atoms with E-state index in [0.717, 1.165) is 17.7 Å². The second kappa shape index (κ2) is 7.94. The number of hydrogen-bond acceptors (Lipinski definition) is 0. The van der Waals surface area contributed by atoms with Crippen molar-refractivity contribution in [3.8, 4) is 0 Å². The maximum absolute atomic E-state index is 6.05. The van der Waals surface area contributed by atoms with E-state index in [1.54, 1.807) is 0 Å². The van der Waals surface area contributed by atoms with Crippen LogP contribution in [0.25, 0.3) is 0 Å². The second-order valence-electron chi connectivity index (χ2n) is 3.77. The van der Waals surface area contributed by atoms with Gasteiger partial charge in [-0.2, -0.15) is 4.91 Å². The molecule has 0 aliphatic heterocycles. The molecule has 0 nitrogen and oxygen atoms in total. The average molecular weight is 328 g/mol. The Morgan fingerprint density at radius 1 is 1.17 bits per heavy atom. The van der Waals surface area contributed by atoms with Crippen molar-refractivity contribution in [1.82, 2.24) is 0 Å². The third-order valence-electron chi connectivity index (χ3n) is 2.58. The van der Waals surface area contributed by atoms with Gasteiger partial charge in [0.1, 0.15) is 9.80 Å². The van der Waals surface area contributed by atoms with E-state index in [1.165, 1.54) is 15.9 Å². The maximum atomic E-state index is 6.05. The minimum Gasteiger partial charge on any atom is -0.390 e. The van der Waals surface area contributed by atoms with Crippen LogP contribution in [-0.4, -0.2) is 0 Å². The van der Waals surface area contributed by atoms with Gasteiger partial charge >= 0.3 is 0 Å². The van der Waals surface area contributed by atoms with Gasteiger partial charge < -0.3 is 19.2 Å². The number of allylic oxidation sites excluding steroid dienone is 4. The summed E-state index contributed by atoms with van der Waals surface area (Å²) in [6, 6.07) is 10.3. The molecule has 89 valence electrons. The van der Waals surface area contributed by atoms with E-state index in [-0.39, 0.29) is 43.6 Å². The molecular formula is C16H15SY-. The zero-order valence-electron chi connectivity index (χ0n) is 10.3. The third kappa shape index (κ3) is 3.81. The maximum Gasteiger partial charge on any atom is 0.145 e.